The Balaban J connectivity index is 1.13. The molecule has 2 aromatic carbocycles. The first-order chi connectivity index (χ1) is 16.7. The van der Waals surface area contributed by atoms with E-state index in [0.29, 0.717) is 12.3 Å². The van der Waals surface area contributed by atoms with Crippen LogP contribution in [0.15, 0.2) is 30.3 Å². The first-order valence-corrected chi connectivity index (χ1v) is 13.1. The van der Waals surface area contributed by atoms with Crippen LogP contribution in [0.5, 0.6) is 5.75 Å². The number of H-pyrrole nitrogens is 1. The molecule has 5 rings (SSSR count). The van der Waals surface area contributed by atoms with Crippen LogP contribution >= 0.6 is 0 Å². The topological polar surface area (TPSA) is 57.4 Å². The first kappa shape index (κ1) is 23.9. The van der Waals surface area contributed by atoms with Crippen molar-refractivity contribution >= 4 is 16.8 Å². The molecule has 5 nitrogen and oxygen atoms in total. The van der Waals surface area contributed by atoms with E-state index in [1.807, 2.05) is 0 Å². The fourth-order valence-electron chi connectivity index (χ4n) is 5.91. The zero-order chi connectivity index (χ0) is 24.7. The third-order valence-electron chi connectivity index (χ3n) is 7.89. The summed E-state index contributed by atoms with van der Waals surface area (Å²) in [7, 11) is 0. The second-order valence-corrected chi connectivity index (χ2v) is 11.3. The number of carbonyl (C=O) groups excluding carboxylic acids is 1. The van der Waals surface area contributed by atoms with Crippen LogP contribution < -0.4 is 10.1 Å². The molecule has 2 aliphatic rings. The second-order valence-electron chi connectivity index (χ2n) is 11.3. The van der Waals surface area contributed by atoms with E-state index in [1.165, 1.54) is 27.6 Å². The number of carbonyl (C=O) groups is 1. The third kappa shape index (κ3) is 4.97. The fourth-order valence-corrected chi connectivity index (χ4v) is 5.91. The molecule has 1 amide bonds. The van der Waals surface area contributed by atoms with Crippen LogP contribution in [0, 0.1) is 26.7 Å². The molecule has 0 unspecified atom stereocenters. The van der Waals surface area contributed by atoms with Gasteiger partial charge >= 0.3 is 0 Å². The van der Waals surface area contributed by atoms with Gasteiger partial charge < -0.3 is 15.0 Å². The predicted octanol–water partition coefficient (Wildman–Crippen LogP) is 5.38. The van der Waals surface area contributed by atoms with Gasteiger partial charge in [0.1, 0.15) is 11.4 Å². The van der Waals surface area contributed by atoms with Crippen LogP contribution in [0.25, 0.3) is 10.9 Å². The molecule has 3 aromatic rings. The average Bonchev–Trinajstić information content (AvgIpc) is 3.32. The Morgan fingerprint density at radius 2 is 1.86 bits per heavy atom. The lowest BCUT2D eigenvalue weighted by Crippen LogP contribution is -2.38. The molecule has 2 N–H and O–H groups in total. The van der Waals surface area contributed by atoms with Gasteiger partial charge in [0, 0.05) is 41.7 Å². The summed E-state index contributed by atoms with van der Waals surface area (Å²) in [6.45, 7) is 14.5. The van der Waals surface area contributed by atoms with Gasteiger partial charge in [-0.25, -0.2) is 0 Å². The highest BCUT2D eigenvalue weighted by Gasteiger charge is 2.32. The molecule has 35 heavy (non-hydrogen) atoms. The molecule has 0 atom stereocenters. The standard InChI is InChI=1S/C30H39N3O2/c1-19-9-10-20(2)28-27(19)25(21(3)32-28)15-26(34)31-17-22-11-13-33(14-12-22)18-24-8-6-7-23-16-30(4,5)35-29(23)24/h6-10,22,32H,11-18H2,1-5H3,(H,31,34). The van der Waals surface area contributed by atoms with E-state index in [2.05, 4.69) is 80.2 Å². The molecular formula is C30H39N3O2. The summed E-state index contributed by atoms with van der Waals surface area (Å²) in [5.41, 5.74) is 8.38. The number of nitrogens with one attached hydrogen (secondary N) is 2. The van der Waals surface area contributed by atoms with Crippen LogP contribution in [0.3, 0.4) is 0 Å². The SMILES string of the molecule is Cc1[nH]c2c(C)ccc(C)c2c1CC(=O)NCC1CCN(Cc2cccc3c2OC(C)(C)C3)CC1. The Morgan fingerprint density at radius 1 is 1.11 bits per heavy atom. The molecule has 0 aliphatic carbocycles. The number of aromatic nitrogens is 1. The monoisotopic (exact) mass is 473 g/mol. The lowest BCUT2D eigenvalue weighted by Gasteiger charge is -2.32. The van der Waals surface area contributed by atoms with Gasteiger partial charge in [-0.05, 0) is 88.7 Å². The summed E-state index contributed by atoms with van der Waals surface area (Å²) in [5.74, 6) is 1.77. The van der Waals surface area contributed by atoms with Crippen LogP contribution in [0.2, 0.25) is 0 Å². The third-order valence-corrected chi connectivity index (χ3v) is 7.89. The lowest BCUT2D eigenvalue weighted by atomic mass is 9.95. The van der Waals surface area contributed by atoms with E-state index >= 15 is 0 Å². The van der Waals surface area contributed by atoms with Gasteiger partial charge in [0.2, 0.25) is 5.91 Å². The molecule has 1 fully saturated rings. The van der Waals surface area contributed by atoms with Crippen molar-refractivity contribution in [2.24, 2.45) is 5.92 Å². The van der Waals surface area contributed by atoms with Gasteiger partial charge in [0.05, 0.1) is 6.42 Å². The van der Waals surface area contributed by atoms with Crippen molar-refractivity contribution in [2.45, 2.75) is 72.4 Å². The van der Waals surface area contributed by atoms with Crippen molar-refractivity contribution in [1.82, 2.24) is 15.2 Å². The molecular weight excluding hydrogens is 434 g/mol. The minimum Gasteiger partial charge on any atom is -0.487 e. The molecule has 3 heterocycles. The Kier molecular flexibility index (Phi) is 6.39. The number of hydrogen-bond acceptors (Lipinski definition) is 3. The van der Waals surface area contributed by atoms with Crippen molar-refractivity contribution in [2.75, 3.05) is 19.6 Å². The van der Waals surface area contributed by atoms with Gasteiger partial charge in [-0.2, -0.15) is 0 Å². The Hall–Kier alpha value is -2.79. The Morgan fingerprint density at radius 3 is 2.63 bits per heavy atom. The Bertz CT molecular complexity index is 1250. The number of aryl methyl sites for hydroxylation is 3. The van der Waals surface area contributed by atoms with E-state index in [9.17, 15) is 4.79 Å². The maximum Gasteiger partial charge on any atom is 0.224 e. The summed E-state index contributed by atoms with van der Waals surface area (Å²) in [5, 5.41) is 4.45. The van der Waals surface area contributed by atoms with Gasteiger partial charge in [-0.3, -0.25) is 9.69 Å². The highest BCUT2D eigenvalue weighted by atomic mass is 16.5. The van der Waals surface area contributed by atoms with Gasteiger partial charge in [0.15, 0.2) is 0 Å². The van der Waals surface area contributed by atoms with Crippen LogP contribution in [0.4, 0.5) is 0 Å². The lowest BCUT2D eigenvalue weighted by molar-refractivity contribution is -0.120. The van der Waals surface area contributed by atoms with Crippen molar-refractivity contribution in [3.8, 4) is 5.75 Å². The normalized spacial score (nSPS) is 18.0. The summed E-state index contributed by atoms with van der Waals surface area (Å²) in [6, 6.07) is 10.9. The number of ether oxygens (including phenoxy) is 1. The molecule has 1 aromatic heterocycles. The number of rotatable bonds is 6. The smallest absolute Gasteiger partial charge is 0.224 e. The van der Waals surface area contributed by atoms with Crippen molar-refractivity contribution in [3.63, 3.8) is 0 Å². The van der Waals surface area contributed by atoms with E-state index < -0.39 is 0 Å². The minimum atomic E-state index is -0.105. The maximum atomic E-state index is 12.9. The van der Waals surface area contributed by atoms with E-state index in [0.717, 1.165) is 68.0 Å². The molecule has 0 bridgehead atoms. The number of hydrogen-bond donors (Lipinski definition) is 2. The van der Waals surface area contributed by atoms with Crippen molar-refractivity contribution < 1.29 is 9.53 Å². The van der Waals surface area contributed by atoms with Crippen LogP contribution in [-0.2, 0) is 24.2 Å². The number of benzene rings is 2. The molecule has 0 radical (unpaired) electrons. The zero-order valence-corrected chi connectivity index (χ0v) is 21.9. The number of piperidine rings is 1. The first-order valence-electron chi connectivity index (χ1n) is 13.1. The molecule has 1 saturated heterocycles. The number of likely N-dealkylation sites (tertiary alicyclic amines) is 1. The number of aromatic amines is 1. The van der Waals surface area contributed by atoms with Crippen molar-refractivity contribution in [1.29, 1.82) is 0 Å². The number of fused-ring (bicyclic) bond motifs is 2. The quantitative estimate of drug-likeness (QED) is 0.506. The van der Waals surface area contributed by atoms with Gasteiger partial charge in [-0.1, -0.05) is 30.3 Å². The number of amides is 1. The predicted molar refractivity (Wildman–Crippen MR) is 142 cm³/mol. The van der Waals surface area contributed by atoms with Gasteiger partial charge in [-0.15, -0.1) is 0 Å². The second kappa shape index (κ2) is 9.34. The summed E-state index contributed by atoms with van der Waals surface area (Å²) >= 11 is 0. The van der Waals surface area contributed by atoms with Crippen LogP contribution in [0.1, 0.15) is 60.2 Å². The summed E-state index contributed by atoms with van der Waals surface area (Å²) in [6.07, 6.45) is 3.65. The van der Waals surface area contributed by atoms with E-state index in [4.69, 9.17) is 4.74 Å². The molecule has 186 valence electrons. The van der Waals surface area contributed by atoms with E-state index in [1.54, 1.807) is 0 Å². The Labute approximate surface area is 209 Å². The maximum absolute atomic E-state index is 12.9. The molecule has 0 saturated carbocycles. The fraction of sp³-hybridized carbons (Fsp3) is 0.500. The molecule has 0 spiro atoms. The summed E-state index contributed by atoms with van der Waals surface area (Å²) in [4.78, 5) is 18.9. The molecule has 5 heteroatoms. The van der Waals surface area contributed by atoms with Gasteiger partial charge in [0.25, 0.3) is 0 Å². The number of nitrogens with zero attached hydrogens (tertiary/aromatic N) is 1. The zero-order valence-electron chi connectivity index (χ0n) is 21.9. The highest BCUT2D eigenvalue weighted by molar-refractivity contribution is 5.93. The van der Waals surface area contributed by atoms with Crippen LogP contribution in [-0.4, -0.2) is 41.0 Å². The molecule has 2 aliphatic heterocycles. The minimum absolute atomic E-state index is 0.105. The highest BCUT2D eigenvalue weighted by Crippen LogP contribution is 2.38. The summed E-state index contributed by atoms with van der Waals surface area (Å²) < 4.78 is 6.27. The number of para-hydroxylation sites is 1. The average molecular weight is 474 g/mol. The largest absolute Gasteiger partial charge is 0.487 e. The van der Waals surface area contributed by atoms with Crippen molar-refractivity contribution in [3.05, 3.63) is 63.8 Å². The van der Waals surface area contributed by atoms with E-state index in [-0.39, 0.29) is 11.5 Å².